The molecule has 0 bridgehead atoms. The topological polar surface area (TPSA) is 95.9 Å². The Morgan fingerprint density at radius 1 is 0.941 bits per heavy atom. The molecule has 34 heavy (non-hydrogen) atoms. The van der Waals surface area contributed by atoms with Crippen LogP contribution in [0.4, 0.5) is 14.5 Å². The largest absolute Gasteiger partial charge is 0.284 e. The Bertz CT molecular complexity index is 1460. The van der Waals surface area contributed by atoms with Crippen LogP contribution < -0.4 is 4.72 Å². The standard InChI is InChI=1S/C23H21F2N3O4S2/c1-2-33(29,30)27-20-8-4-5-16(14-20)22-15-23(17-6-3-7-19(25)13-17)28(26-22)34(31,32)21-11-9-18(24)10-12-21/h3-14,23,27H,2,15H2,1H3. The van der Waals surface area contributed by atoms with E-state index in [1.54, 1.807) is 30.3 Å². The Balaban J connectivity index is 1.77. The summed E-state index contributed by atoms with van der Waals surface area (Å²) >= 11 is 0. The van der Waals surface area contributed by atoms with Gasteiger partial charge in [0, 0.05) is 12.1 Å². The van der Waals surface area contributed by atoms with Crippen molar-refractivity contribution in [1.82, 2.24) is 4.41 Å². The Kier molecular flexibility index (Phi) is 6.41. The minimum atomic E-state index is -4.20. The molecule has 0 fully saturated rings. The average molecular weight is 506 g/mol. The number of sulfonamides is 2. The number of benzene rings is 3. The second kappa shape index (κ2) is 9.15. The molecular formula is C23H21F2N3O4S2. The molecule has 0 aliphatic carbocycles. The number of hydrazone groups is 1. The number of hydrogen-bond donors (Lipinski definition) is 1. The van der Waals surface area contributed by atoms with Crippen LogP contribution in [0.25, 0.3) is 0 Å². The van der Waals surface area contributed by atoms with Crippen LogP contribution in [0.15, 0.2) is 82.8 Å². The molecule has 1 atom stereocenters. The summed E-state index contributed by atoms with van der Waals surface area (Å²) < 4.78 is 81.4. The lowest BCUT2D eigenvalue weighted by Crippen LogP contribution is -2.27. The molecule has 0 saturated carbocycles. The van der Waals surface area contributed by atoms with Gasteiger partial charge in [-0.1, -0.05) is 24.3 Å². The lowest BCUT2D eigenvalue weighted by molar-refractivity contribution is 0.370. The highest BCUT2D eigenvalue weighted by atomic mass is 32.2. The van der Waals surface area contributed by atoms with E-state index in [2.05, 4.69) is 9.82 Å². The van der Waals surface area contributed by atoms with Crippen LogP contribution in [0.3, 0.4) is 0 Å². The third-order valence-electron chi connectivity index (χ3n) is 5.31. The molecule has 3 aromatic carbocycles. The van der Waals surface area contributed by atoms with Gasteiger partial charge in [-0.15, -0.1) is 0 Å². The van der Waals surface area contributed by atoms with Gasteiger partial charge >= 0.3 is 0 Å². The van der Waals surface area contributed by atoms with Crippen LogP contribution in [0.5, 0.6) is 0 Å². The van der Waals surface area contributed by atoms with E-state index in [0.29, 0.717) is 22.5 Å². The van der Waals surface area contributed by atoms with Crippen molar-refractivity contribution in [2.75, 3.05) is 10.5 Å². The van der Waals surface area contributed by atoms with Crippen molar-refractivity contribution in [3.05, 3.63) is 95.6 Å². The molecule has 0 radical (unpaired) electrons. The molecule has 1 unspecified atom stereocenters. The van der Waals surface area contributed by atoms with Gasteiger partial charge in [-0.25, -0.2) is 17.2 Å². The molecule has 178 valence electrons. The molecule has 1 aliphatic rings. The number of hydrogen-bond acceptors (Lipinski definition) is 5. The zero-order valence-corrected chi connectivity index (χ0v) is 19.7. The van der Waals surface area contributed by atoms with E-state index in [9.17, 15) is 25.6 Å². The van der Waals surface area contributed by atoms with Gasteiger partial charge in [0.1, 0.15) is 11.6 Å². The summed E-state index contributed by atoms with van der Waals surface area (Å²) in [4.78, 5) is -0.162. The van der Waals surface area contributed by atoms with Gasteiger partial charge in [-0.2, -0.15) is 17.9 Å². The number of nitrogens with zero attached hydrogens (tertiary/aromatic N) is 2. The summed E-state index contributed by atoms with van der Waals surface area (Å²) in [6.45, 7) is 1.51. The van der Waals surface area contributed by atoms with Crippen LogP contribution in [0.2, 0.25) is 0 Å². The molecule has 1 aliphatic heterocycles. The monoisotopic (exact) mass is 505 g/mol. The van der Waals surface area contributed by atoms with Crippen LogP contribution in [0, 0.1) is 11.6 Å². The van der Waals surface area contributed by atoms with Crippen molar-refractivity contribution in [3.8, 4) is 0 Å². The summed E-state index contributed by atoms with van der Waals surface area (Å²) in [7, 11) is -7.72. The Hall–Kier alpha value is -3.31. The highest BCUT2D eigenvalue weighted by Crippen LogP contribution is 2.37. The van der Waals surface area contributed by atoms with Crippen LogP contribution in [0.1, 0.15) is 30.5 Å². The van der Waals surface area contributed by atoms with E-state index in [1.807, 2.05) is 0 Å². The quantitative estimate of drug-likeness (QED) is 0.519. The SMILES string of the molecule is CCS(=O)(=O)Nc1cccc(C2=NN(S(=O)(=O)c3ccc(F)cc3)C(c3cccc(F)c3)C2)c1. The van der Waals surface area contributed by atoms with Crippen molar-refractivity contribution in [1.29, 1.82) is 0 Å². The number of nitrogens with one attached hydrogen (secondary N) is 1. The summed E-state index contributed by atoms with van der Waals surface area (Å²) in [6, 6.07) is 15.5. The third kappa shape index (κ3) is 4.95. The van der Waals surface area contributed by atoms with Gasteiger partial charge < -0.3 is 0 Å². The number of rotatable bonds is 7. The summed E-state index contributed by atoms with van der Waals surface area (Å²) in [5.41, 5.74) is 1.59. The van der Waals surface area contributed by atoms with Crippen molar-refractivity contribution < 1.29 is 25.6 Å². The van der Waals surface area contributed by atoms with Gasteiger partial charge in [0.05, 0.1) is 22.4 Å². The van der Waals surface area contributed by atoms with E-state index in [1.165, 1.54) is 25.1 Å². The van der Waals surface area contributed by atoms with Crippen LogP contribution in [-0.4, -0.2) is 32.7 Å². The number of halogens is 2. The Labute approximate surface area is 196 Å². The zero-order chi connectivity index (χ0) is 24.5. The van der Waals surface area contributed by atoms with Crippen LogP contribution in [-0.2, 0) is 20.0 Å². The van der Waals surface area contributed by atoms with Gasteiger partial charge in [-0.05, 0) is 66.6 Å². The lowest BCUT2D eigenvalue weighted by Gasteiger charge is -2.23. The summed E-state index contributed by atoms with van der Waals surface area (Å²) in [5.74, 6) is -1.22. The van der Waals surface area contributed by atoms with Gasteiger partial charge in [0.15, 0.2) is 0 Å². The smallest absolute Gasteiger partial charge is 0.279 e. The van der Waals surface area contributed by atoms with Crippen LogP contribution >= 0.6 is 0 Å². The molecule has 0 spiro atoms. The van der Waals surface area contributed by atoms with E-state index in [0.717, 1.165) is 28.7 Å². The summed E-state index contributed by atoms with van der Waals surface area (Å²) in [6.07, 6.45) is 0.119. The third-order valence-corrected chi connectivity index (χ3v) is 8.32. The molecule has 4 rings (SSSR count). The van der Waals surface area contributed by atoms with Gasteiger partial charge in [-0.3, -0.25) is 4.72 Å². The molecular weight excluding hydrogens is 484 g/mol. The predicted octanol–water partition coefficient (Wildman–Crippen LogP) is 4.27. The first-order valence-electron chi connectivity index (χ1n) is 10.3. The van der Waals surface area contributed by atoms with E-state index in [4.69, 9.17) is 0 Å². The fourth-order valence-electron chi connectivity index (χ4n) is 3.58. The summed E-state index contributed by atoms with van der Waals surface area (Å²) in [5, 5.41) is 4.34. The van der Waals surface area contributed by atoms with E-state index >= 15 is 0 Å². The second-order valence-corrected chi connectivity index (χ2v) is 11.4. The minimum Gasteiger partial charge on any atom is -0.284 e. The second-order valence-electron chi connectivity index (χ2n) is 7.64. The molecule has 1 N–H and O–H groups in total. The molecule has 0 aromatic heterocycles. The van der Waals surface area contributed by atoms with Crippen molar-refractivity contribution >= 4 is 31.4 Å². The Morgan fingerprint density at radius 3 is 2.32 bits per heavy atom. The first-order chi connectivity index (χ1) is 16.1. The Morgan fingerprint density at radius 2 is 1.65 bits per heavy atom. The maximum atomic E-state index is 14.0. The molecule has 0 saturated heterocycles. The molecule has 11 heteroatoms. The first-order valence-corrected chi connectivity index (χ1v) is 13.4. The minimum absolute atomic E-state index is 0.108. The van der Waals surface area contributed by atoms with E-state index in [-0.39, 0.29) is 17.1 Å². The maximum Gasteiger partial charge on any atom is 0.279 e. The van der Waals surface area contributed by atoms with Crippen molar-refractivity contribution in [2.24, 2.45) is 5.10 Å². The average Bonchev–Trinajstić information content (AvgIpc) is 3.26. The zero-order valence-electron chi connectivity index (χ0n) is 18.0. The highest BCUT2D eigenvalue weighted by molar-refractivity contribution is 7.92. The molecule has 1 heterocycles. The number of anilines is 1. The fraction of sp³-hybridized carbons (Fsp3) is 0.174. The molecule has 3 aromatic rings. The van der Waals surface area contributed by atoms with E-state index < -0.39 is 37.7 Å². The van der Waals surface area contributed by atoms with Gasteiger partial charge in [0.2, 0.25) is 10.0 Å². The fourth-order valence-corrected chi connectivity index (χ4v) is 5.64. The molecule has 0 amide bonds. The normalized spacial score (nSPS) is 16.4. The van der Waals surface area contributed by atoms with Crippen molar-refractivity contribution in [3.63, 3.8) is 0 Å². The van der Waals surface area contributed by atoms with Gasteiger partial charge in [0.25, 0.3) is 10.0 Å². The first kappa shape index (κ1) is 23.8. The van der Waals surface area contributed by atoms with Crippen molar-refractivity contribution in [2.45, 2.75) is 24.3 Å². The maximum absolute atomic E-state index is 14.0. The molecule has 7 nitrogen and oxygen atoms in total. The predicted molar refractivity (Wildman–Crippen MR) is 125 cm³/mol. The lowest BCUT2D eigenvalue weighted by atomic mass is 9.99. The highest BCUT2D eigenvalue weighted by Gasteiger charge is 2.38.